The summed E-state index contributed by atoms with van der Waals surface area (Å²) in [7, 11) is 0. The van der Waals surface area contributed by atoms with Gasteiger partial charge in [0.2, 0.25) is 0 Å². The number of hydrogen-bond donors (Lipinski definition) is 0. The fourth-order valence-corrected chi connectivity index (χ4v) is 0.197. The molecule has 0 unspecified atom stereocenters. The smallest absolute Gasteiger partial charge is 0.0912 e. The third-order valence-corrected chi connectivity index (χ3v) is 0.453. The second-order valence-electron chi connectivity index (χ2n) is 0.976. The van der Waals surface area contributed by atoms with Gasteiger partial charge in [-0.15, -0.1) is 0 Å². The van der Waals surface area contributed by atoms with Gasteiger partial charge >= 0.3 is 0 Å². The van der Waals surface area contributed by atoms with E-state index >= 15 is 0 Å². The van der Waals surface area contributed by atoms with E-state index in [1.807, 2.05) is 0 Å². The van der Waals surface area contributed by atoms with Gasteiger partial charge in [-0.1, -0.05) is 12.2 Å². The summed E-state index contributed by atoms with van der Waals surface area (Å²) in [6, 6.07) is 3.57. The van der Waals surface area contributed by atoms with Gasteiger partial charge in [0, 0.05) is 12.2 Å². The molecule has 0 saturated heterocycles. The van der Waals surface area contributed by atoms with Crippen LogP contribution in [0.3, 0.4) is 0 Å². The van der Waals surface area contributed by atoms with E-state index in [9.17, 15) is 0 Å². The van der Waals surface area contributed by atoms with Gasteiger partial charge in [0.05, 0.1) is 12.1 Å². The van der Waals surface area contributed by atoms with Gasteiger partial charge in [0.15, 0.2) is 0 Å². The minimum Gasteiger partial charge on any atom is -0.193 e. The quantitative estimate of drug-likeness (QED) is 0.370. The molecule has 0 aromatic rings. The Morgan fingerprint density at radius 1 is 0.875 bits per heavy atom. The summed E-state index contributed by atoms with van der Waals surface area (Å²) >= 11 is 0. The predicted molar refractivity (Wildman–Crippen MR) is 29.5 cm³/mol. The van der Waals surface area contributed by atoms with Crippen LogP contribution in [0, 0.1) is 22.7 Å². The van der Waals surface area contributed by atoms with Gasteiger partial charge in [-0.2, -0.15) is 10.5 Å². The molecule has 0 rings (SSSR count). The van der Waals surface area contributed by atoms with Gasteiger partial charge < -0.3 is 0 Å². The summed E-state index contributed by atoms with van der Waals surface area (Å²) in [5.74, 6) is 0. The SMILES string of the molecule is N#C/C=C\C=C\C#N. The minimum atomic E-state index is 1.30. The van der Waals surface area contributed by atoms with E-state index in [1.165, 1.54) is 24.3 Å². The van der Waals surface area contributed by atoms with E-state index in [-0.39, 0.29) is 0 Å². The summed E-state index contributed by atoms with van der Waals surface area (Å²) in [6.07, 6.45) is 5.61. The van der Waals surface area contributed by atoms with E-state index in [0.29, 0.717) is 0 Å². The normalized spacial score (nSPS) is 9.25. The molecule has 2 heteroatoms. The number of nitrogens with zero attached hydrogens (tertiary/aromatic N) is 2. The molecule has 0 saturated carbocycles. The maximum atomic E-state index is 7.91. The van der Waals surface area contributed by atoms with Crippen LogP contribution in [0.1, 0.15) is 0 Å². The van der Waals surface area contributed by atoms with Crippen LogP contribution in [-0.4, -0.2) is 0 Å². The van der Waals surface area contributed by atoms with Gasteiger partial charge in [-0.25, -0.2) is 0 Å². The van der Waals surface area contributed by atoms with E-state index < -0.39 is 0 Å². The molecule has 0 bridgehead atoms. The number of nitriles is 2. The molecule has 0 heterocycles. The molecule has 8 heavy (non-hydrogen) atoms. The first kappa shape index (κ1) is 6.46. The highest BCUT2D eigenvalue weighted by atomic mass is 14.2. The molecule has 0 aromatic carbocycles. The molecule has 0 aliphatic heterocycles. The fraction of sp³-hybridized carbons (Fsp3) is 0. The lowest BCUT2D eigenvalue weighted by atomic mass is 10.4. The summed E-state index contributed by atoms with van der Waals surface area (Å²) in [5, 5.41) is 15.8. The van der Waals surface area contributed by atoms with Crippen LogP contribution in [0.25, 0.3) is 0 Å². The molecule has 0 fully saturated rings. The van der Waals surface area contributed by atoms with Crippen LogP contribution in [0.2, 0.25) is 0 Å². The first-order valence-electron chi connectivity index (χ1n) is 2.02. The average Bonchev–Trinajstić information content (AvgIpc) is 1.81. The summed E-state index contributed by atoms with van der Waals surface area (Å²) in [6.45, 7) is 0. The molecule has 38 valence electrons. The zero-order valence-corrected chi connectivity index (χ0v) is 4.20. The van der Waals surface area contributed by atoms with Crippen molar-refractivity contribution in [2.24, 2.45) is 0 Å². The van der Waals surface area contributed by atoms with Gasteiger partial charge in [-0.05, 0) is 0 Å². The Balaban J connectivity index is 3.51. The van der Waals surface area contributed by atoms with Crippen molar-refractivity contribution in [3.05, 3.63) is 24.3 Å². The second-order valence-corrected chi connectivity index (χ2v) is 0.976. The average molecular weight is 104 g/mol. The van der Waals surface area contributed by atoms with E-state index in [4.69, 9.17) is 10.5 Å². The van der Waals surface area contributed by atoms with Crippen molar-refractivity contribution in [3.63, 3.8) is 0 Å². The number of hydrogen-bond acceptors (Lipinski definition) is 2. The van der Waals surface area contributed by atoms with Gasteiger partial charge in [0.25, 0.3) is 0 Å². The first-order chi connectivity index (χ1) is 3.91. The van der Waals surface area contributed by atoms with Crippen molar-refractivity contribution in [2.45, 2.75) is 0 Å². The van der Waals surface area contributed by atoms with Crippen molar-refractivity contribution in [2.75, 3.05) is 0 Å². The van der Waals surface area contributed by atoms with Crippen molar-refractivity contribution in [1.29, 1.82) is 10.5 Å². The van der Waals surface area contributed by atoms with Crippen LogP contribution >= 0.6 is 0 Å². The standard InChI is InChI=1S/C6H4N2/c7-5-3-1-2-4-6-8/h1-4H/b3-1-,4-2+. The molecule has 0 atom stereocenters. The lowest BCUT2D eigenvalue weighted by Crippen LogP contribution is -1.46. The van der Waals surface area contributed by atoms with Crippen LogP contribution < -0.4 is 0 Å². The third kappa shape index (κ3) is 4.46. The summed E-state index contributed by atoms with van der Waals surface area (Å²) in [5.41, 5.74) is 0. The second kappa shape index (κ2) is 5.46. The Morgan fingerprint density at radius 3 is 1.50 bits per heavy atom. The molecular weight excluding hydrogens is 100 g/mol. The highest BCUT2D eigenvalue weighted by Gasteiger charge is 1.58. The Kier molecular flexibility index (Phi) is 4.41. The first-order valence-corrected chi connectivity index (χ1v) is 2.02. The van der Waals surface area contributed by atoms with E-state index in [2.05, 4.69) is 0 Å². The highest BCUT2D eigenvalue weighted by molar-refractivity contribution is 5.16. The zero-order chi connectivity index (χ0) is 6.24. The molecule has 0 aliphatic carbocycles. The summed E-state index contributed by atoms with van der Waals surface area (Å²) < 4.78 is 0. The number of allylic oxidation sites excluding steroid dienone is 4. The van der Waals surface area contributed by atoms with E-state index in [1.54, 1.807) is 12.1 Å². The van der Waals surface area contributed by atoms with Crippen molar-refractivity contribution >= 4 is 0 Å². The lowest BCUT2D eigenvalue weighted by molar-refractivity contribution is 1.53. The van der Waals surface area contributed by atoms with Crippen molar-refractivity contribution < 1.29 is 0 Å². The lowest BCUT2D eigenvalue weighted by Gasteiger charge is -1.59. The molecule has 0 spiro atoms. The van der Waals surface area contributed by atoms with Crippen LogP contribution in [0.4, 0.5) is 0 Å². The Hall–Kier alpha value is -1.54. The summed E-state index contributed by atoms with van der Waals surface area (Å²) in [4.78, 5) is 0. The molecule has 0 amide bonds. The van der Waals surface area contributed by atoms with Gasteiger partial charge in [-0.3, -0.25) is 0 Å². The van der Waals surface area contributed by atoms with Crippen molar-refractivity contribution in [3.8, 4) is 12.1 Å². The van der Waals surface area contributed by atoms with Crippen LogP contribution in [0.15, 0.2) is 24.3 Å². The zero-order valence-electron chi connectivity index (χ0n) is 4.20. The Bertz CT molecular complexity index is 154. The predicted octanol–water partition coefficient (Wildman–Crippen LogP) is 1.15. The minimum absolute atomic E-state index is 1.30. The third-order valence-electron chi connectivity index (χ3n) is 0.453. The Labute approximate surface area is 48.0 Å². The molecule has 0 aromatic heterocycles. The van der Waals surface area contributed by atoms with Crippen LogP contribution in [-0.2, 0) is 0 Å². The van der Waals surface area contributed by atoms with Crippen LogP contribution in [0.5, 0.6) is 0 Å². The maximum absolute atomic E-state index is 7.91. The van der Waals surface area contributed by atoms with Gasteiger partial charge in [0.1, 0.15) is 0 Å². The molecular formula is C6H4N2. The largest absolute Gasteiger partial charge is 0.193 e. The molecule has 0 radical (unpaired) electrons. The molecule has 0 aliphatic rings. The topological polar surface area (TPSA) is 47.6 Å². The monoisotopic (exact) mass is 104 g/mol. The number of rotatable bonds is 1. The fourth-order valence-electron chi connectivity index (χ4n) is 0.197. The van der Waals surface area contributed by atoms with E-state index in [0.717, 1.165) is 0 Å². The molecule has 0 N–H and O–H groups in total. The van der Waals surface area contributed by atoms with Crippen molar-refractivity contribution in [1.82, 2.24) is 0 Å². The molecule has 2 nitrogen and oxygen atoms in total. The Morgan fingerprint density at radius 2 is 1.25 bits per heavy atom. The highest BCUT2D eigenvalue weighted by Crippen LogP contribution is 1.72. The maximum Gasteiger partial charge on any atom is 0.0912 e.